The maximum absolute atomic E-state index is 9.59. The van der Waals surface area contributed by atoms with Gasteiger partial charge in [0, 0.05) is 38.6 Å². The normalized spacial score (nSPS) is 16.2. The van der Waals surface area contributed by atoms with E-state index < -0.39 is 0 Å². The van der Waals surface area contributed by atoms with Gasteiger partial charge in [-0.2, -0.15) is 0 Å². The van der Waals surface area contributed by atoms with Gasteiger partial charge in [0.25, 0.3) is 0 Å². The average molecular weight is 500 g/mol. The van der Waals surface area contributed by atoms with Crippen LogP contribution in [0.4, 0.5) is 0 Å². The van der Waals surface area contributed by atoms with Crippen LogP contribution in [0, 0.1) is 0 Å². The van der Waals surface area contributed by atoms with Gasteiger partial charge in [0.15, 0.2) is 5.96 Å². The van der Waals surface area contributed by atoms with E-state index in [1.165, 1.54) is 0 Å². The van der Waals surface area contributed by atoms with Crippen molar-refractivity contribution >= 4 is 40.9 Å². The first-order valence-electron chi connectivity index (χ1n) is 10.0. The highest BCUT2D eigenvalue weighted by Crippen LogP contribution is 2.19. The predicted molar refractivity (Wildman–Crippen MR) is 125 cm³/mol. The highest BCUT2D eigenvalue weighted by molar-refractivity contribution is 14.0. The van der Waals surface area contributed by atoms with Crippen LogP contribution in [0.2, 0.25) is 0 Å². The molecule has 3 rings (SSSR count). The van der Waals surface area contributed by atoms with E-state index in [9.17, 15) is 5.11 Å². The number of fused-ring (bicyclic) bond motifs is 1. The lowest BCUT2D eigenvalue weighted by atomic mass is 10.1. The number of aliphatic imine (C=N–C) groups is 1. The summed E-state index contributed by atoms with van der Waals surface area (Å²) in [7, 11) is 2.04. The number of aliphatic hydroxyl groups excluding tert-OH is 1. The van der Waals surface area contributed by atoms with E-state index >= 15 is 0 Å². The maximum Gasteiger partial charge on any atom is 0.194 e. The topological polar surface area (TPSA) is 64.2 Å². The van der Waals surface area contributed by atoms with E-state index in [0.29, 0.717) is 6.54 Å². The van der Waals surface area contributed by atoms with Crippen molar-refractivity contribution in [3.05, 3.63) is 36.1 Å². The van der Waals surface area contributed by atoms with Gasteiger partial charge in [-0.3, -0.25) is 4.99 Å². The SMILES string of the molecule is CCNC(=NCCCN1CCC(O)CC1)N(C)Cc1cc2ccccc2o1.I. The number of likely N-dealkylation sites (tertiary alicyclic amines) is 1. The van der Waals surface area contributed by atoms with Gasteiger partial charge in [-0.25, -0.2) is 0 Å². The Hall–Kier alpha value is -1.32. The molecule has 2 N–H and O–H groups in total. The van der Waals surface area contributed by atoms with Crippen LogP contribution in [-0.2, 0) is 6.54 Å². The molecule has 1 aliphatic rings. The molecule has 0 amide bonds. The second-order valence-electron chi connectivity index (χ2n) is 7.27. The van der Waals surface area contributed by atoms with Gasteiger partial charge in [-0.15, -0.1) is 24.0 Å². The van der Waals surface area contributed by atoms with Crippen LogP contribution in [0.3, 0.4) is 0 Å². The fourth-order valence-electron chi connectivity index (χ4n) is 3.52. The van der Waals surface area contributed by atoms with Crippen molar-refractivity contribution in [2.45, 2.75) is 38.8 Å². The van der Waals surface area contributed by atoms with E-state index in [-0.39, 0.29) is 30.1 Å². The fraction of sp³-hybridized carbons (Fsp3) is 0.571. The van der Waals surface area contributed by atoms with Crippen molar-refractivity contribution in [2.75, 3.05) is 39.8 Å². The molecular weight excluding hydrogens is 467 g/mol. The van der Waals surface area contributed by atoms with Crippen LogP contribution in [0.1, 0.15) is 31.9 Å². The van der Waals surface area contributed by atoms with E-state index in [4.69, 9.17) is 9.41 Å². The van der Waals surface area contributed by atoms with Gasteiger partial charge >= 0.3 is 0 Å². The zero-order valence-corrected chi connectivity index (χ0v) is 19.3. The lowest BCUT2D eigenvalue weighted by Crippen LogP contribution is -2.39. The zero-order valence-electron chi connectivity index (χ0n) is 16.9. The number of nitrogens with one attached hydrogen (secondary N) is 1. The Labute approximate surface area is 185 Å². The molecule has 0 radical (unpaired) electrons. The Bertz CT molecular complexity index is 708. The number of guanidine groups is 1. The van der Waals surface area contributed by atoms with Crippen molar-refractivity contribution in [1.29, 1.82) is 0 Å². The van der Waals surface area contributed by atoms with Crippen LogP contribution in [0.15, 0.2) is 39.7 Å². The lowest BCUT2D eigenvalue weighted by Gasteiger charge is -2.29. The minimum Gasteiger partial charge on any atom is -0.459 e. The quantitative estimate of drug-likeness (QED) is 0.265. The van der Waals surface area contributed by atoms with Gasteiger partial charge in [-0.1, -0.05) is 18.2 Å². The highest BCUT2D eigenvalue weighted by Gasteiger charge is 2.16. The number of nitrogens with zero attached hydrogens (tertiary/aromatic N) is 3. The molecule has 0 atom stereocenters. The summed E-state index contributed by atoms with van der Waals surface area (Å²) in [4.78, 5) is 9.31. The Morgan fingerprint density at radius 1 is 1.32 bits per heavy atom. The summed E-state index contributed by atoms with van der Waals surface area (Å²) in [6.07, 6.45) is 2.72. The lowest BCUT2D eigenvalue weighted by molar-refractivity contribution is 0.0824. The third-order valence-corrected chi connectivity index (χ3v) is 5.02. The third-order valence-electron chi connectivity index (χ3n) is 5.02. The van der Waals surface area contributed by atoms with Crippen LogP contribution in [-0.4, -0.2) is 66.7 Å². The van der Waals surface area contributed by atoms with Crippen molar-refractivity contribution in [3.8, 4) is 0 Å². The predicted octanol–water partition coefficient (Wildman–Crippen LogP) is 3.29. The number of aliphatic hydroxyl groups is 1. The number of furan rings is 1. The number of hydrogen-bond acceptors (Lipinski definition) is 4. The molecule has 28 heavy (non-hydrogen) atoms. The molecule has 0 spiro atoms. The molecule has 2 aromatic rings. The summed E-state index contributed by atoms with van der Waals surface area (Å²) in [6, 6.07) is 10.2. The number of halogens is 1. The first-order valence-corrected chi connectivity index (χ1v) is 10.0. The minimum absolute atomic E-state index is 0. The minimum atomic E-state index is -0.105. The van der Waals surface area contributed by atoms with Crippen LogP contribution in [0.25, 0.3) is 11.0 Å². The monoisotopic (exact) mass is 500 g/mol. The van der Waals surface area contributed by atoms with Gasteiger partial charge < -0.3 is 24.6 Å². The fourth-order valence-corrected chi connectivity index (χ4v) is 3.52. The second kappa shape index (κ2) is 11.6. The molecule has 2 heterocycles. The first-order chi connectivity index (χ1) is 13.2. The summed E-state index contributed by atoms with van der Waals surface area (Å²) in [5.41, 5.74) is 0.925. The Balaban J connectivity index is 0.00000280. The van der Waals surface area contributed by atoms with Gasteiger partial charge in [0.05, 0.1) is 12.6 Å². The number of para-hydroxylation sites is 1. The van der Waals surface area contributed by atoms with Crippen molar-refractivity contribution in [2.24, 2.45) is 4.99 Å². The molecular formula is C21H33IN4O2. The molecule has 6 nitrogen and oxygen atoms in total. The van der Waals surface area contributed by atoms with Crippen molar-refractivity contribution in [1.82, 2.24) is 15.1 Å². The van der Waals surface area contributed by atoms with Crippen molar-refractivity contribution in [3.63, 3.8) is 0 Å². The first kappa shape index (κ1) is 23.0. The number of rotatable bonds is 7. The molecule has 0 saturated carbocycles. The Morgan fingerprint density at radius 2 is 2.07 bits per heavy atom. The summed E-state index contributed by atoms with van der Waals surface area (Å²) in [5, 5.41) is 14.1. The zero-order chi connectivity index (χ0) is 19.1. The molecule has 1 saturated heterocycles. The van der Waals surface area contributed by atoms with Gasteiger partial charge in [0.2, 0.25) is 0 Å². The van der Waals surface area contributed by atoms with E-state index in [1.54, 1.807) is 0 Å². The molecule has 0 bridgehead atoms. The molecule has 1 fully saturated rings. The smallest absolute Gasteiger partial charge is 0.194 e. The maximum atomic E-state index is 9.59. The molecule has 1 aliphatic heterocycles. The number of benzene rings is 1. The van der Waals surface area contributed by atoms with Crippen LogP contribution >= 0.6 is 24.0 Å². The molecule has 1 aromatic carbocycles. The molecule has 0 aliphatic carbocycles. The second-order valence-corrected chi connectivity index (χ2v) is 7.27. The summed E-state index contributed by atoms with van der Waals surface area (Å²) < 4.78 is 5.93. The molecule has 7 heteroatoms. The van der Waals surface area contributed by atoms with E-state index in [0.717, 1.165) is 74.7 Å². The summed E-state index contributed by atoms with van der Waals surface area (Å²) in [5.74, 6) is 1.85. The Morgan fingerprint density at radius 3 is 2.79 bits per heavy atom. The molecule has 1 aromatic heterocycles. The van der Waals surface area contributed by atoms with E-state index in [2.05, 4.69) is 34.2 Å². The molecule has 156 valence electrons. The van der Waals surface area contributed by atoms with Crippen LogP contribution in [0.5, 0.6) is 0 Å². The Kier molecular flexibility index (Phi) is 9.53. The third kappa shape index (κ3) is 6.63. The number of hydrogen-bond donors (Lipinski definition) is 2. The molecule has 0 unspecified atom stereocenters. The van der Waals surface area contributed by atoms with Gasteiger partial charge in [0.1, 0.15) is 11.3 Å². The largest absolute Gasteiger partial charge is 0.459 e. The highest BCUT2D eigenvalue weighted by atomic mass is 127. The average Bonchev–Trinajstić information content (AvgIpc) is 3.08. The standard InChI is InChI=1S/C21H32N4O2.HI/c1-3-22-21(23-11-6-12-25-13-9-18(26)10-14-25)24(2)16-19-15-17-7-4-5-8-20(17)27-19;/h4-5,7-8,15,18,26H,3,6,9-14,16H2,1-2H3,(H,22,23);1H. The summed E-state index contributed by atoms with van der Waals surface area (Å²) in [6.45, 7) is 7.45. The number of piperidine rings is 1. The van der Waals surface area contributed by atoms with Crippen molar-refractivity contribution < 1.29 is 9.52 Å². The van der Waals surface area contributed by atoms with Gasteiger partial charge in [-0.05, 0) is 44.9 Å². The van der Waals surface area contributed by atoms with Crippen LogP contribution < -0.4 is 5.32 Å². The summed E-state index contributed by atoms with van der Waals surface area (Å²) >= 11 is 0. The van der Waals surface area contributed by atoms with E-state index in [1.807, 2.05) is 25.2 Å².